The van der Waals surface area contributed by atoms with E-state index in [0.29, 0.717) is 0 Å². The highest BCUT2D eigenvalue weighted by Gasteiger charge is 2.37. The topological polar surface area (TPSA) is 58.6 Å². The summed E-state index contributed by atoms with van der Waals surface area (Å²) in [7, 11) is 2.58. The Morgan fingerprint density at radius 2 is 1.92 bits per heavy atom. The molecule has 0 heterocycles. The fourth-order valence-electron chi connectivity index (χ4n) is 2.54. The number of carboxylic acids is 1. The number of rotatable bonds is 5. The van der Waals surface area contributed by atoms with Crippen molar-refractivity contribution in [2.24, 2.45) is 0 Å². The van der Waals surface area contributed by atoms with Gasteiger partial charge in [0, 0.05) is 0 Å². The molecule has 2 aromatic rings. The Labute approximate surface area is 141 Å². The number of alkyl halides is 3. The first-order valence-corrected chi connectivity index (χ1v) is 7.24. The molecule has 2 N–H and O–H groups in total. The van der Waals surface area contributed by atoms with E-state index in [1.165, 1.54) is 37.4 Å². The van der Waals surface area contributed by atoms with Gasteiger partial charge in [-0.25, -0.2) is 0 Å². The summed E-state index contributed by atoms with van der Waals surface area (Å²) in [6.07, 6.45) is -4.62. The number of benzene rings is 2. The van der Waals surface area contributed by atoms with Crippen molar-refractivity contribution < 1.29 is 27.8 Å². The van der Waals surface area contributed by atoms with Gasteiger partial charge in [0.05, 0.1) is 12.0 Å². The highest BCUT2D eigenvalue weighted by Crippen LogP contribution is 2.41. The molecule has 0 spiro atoms. The van der Waals surface area contributed by atoms with Crippen molar-refractivity contribution in [3.05, 3.63) is 41.5 Å². The number of nitrogens with one attached hydrogen (secondary N) is 1. The van der Waals surface area contributed by atoms with Crippen LogP contribution in [0.5, 0.6) is 5.75 Å². The molecule has 8 heteroatoms. The number of thiocarbonyl (C=S) groups is 1. The van der Waals surface area contributed by atoms with Gasteiger partial charge in [0.1, 0.15) is 17.4 Å². The summed E-state index contributed by atoms with van der Waals surface area (Å²) < 4.78 is 45.1. The first-order valence-electron chi connectivity index (χ1n) is 6.83. The van der Waals surface area contributed by atoms with Crippen molar-refractivity contribution in [1.82, 2.24) is 5.32 Å². The normalized spacial score (nSPS) is 12.9. The Bertz CT molecular complexity index is 805. The molecule has 0 bridgehead atoms. The lowest BCUT2D eigenvalue weighted by atomic mass is 9.95. The van der Waals surface area contributed by atoms with E-state index >= 15 is 0 Å². The third kappa shape index (κ3) is 3.20. The van der Waals surface area contributed by atoms with E-state index in [9.17, 15) is 23.1 Å². The minimum absolute atomic E-state index is 0.00823. The minimum atomic E-state index is -4.62. The lowest BCUT2D eigenvalue weighted by Crippen LogP contribution is -2.40. The number of fused-ring (bicyclic) bond motifs is 1. The zero-order valence-corrected chi connectivity index (χ0v) is 13.6. The number of halogens is 3. The largest absolute Gasteiger partial charge is 0.496 e. The van der Waals surface area contributed by atoms with Gasteiger partial charge >= 0.3 is 12.1 Å². The monoisotopic (exact) mass is 357 g/mol. The molecule has 0 aliphatic carbocycles. The summed E-state index contributed by atoms with van der Waals surface area (Å²) in [6, 6.07) is 5.69. The van der Waals surface area contributed by atoms with Crippen LogP contribution in [0, 0.1) is 0 Å². The van der Waals surface area contributed by atoms with Crippen molar-refractivity contribution in [3.63, 3.8) is 0 Å². The Kier molecular flexibility index (Phi) is 5.10. The first kappa shape index (κ1) is 18.2. The number of carbonyl (C=O) groups is 1. The highest BCUT2D eigenvalue weighted by atomic mass is 32.1. The van der Waals surface area contributed by atoms with Gasteiger partial charge in [-0.2, -0.15) is 13.2 Å². The van der Waals surface area contributed by atoms with Gasteiger partial charge in [-0.3, -0.25) is 4.79 Å². The number of aliphatic carboxylic acids is 1. The summed E-state index contributed by atoms with van der Waals surface area (Å²) in [4.78, 5) is 11.3. The molecule has 2 rings (SSSR count). The van der Waals surface area contributed by atoms with Crippen LogP contribution in [0.3, 0.4) is 0 Å². The smallest absolute Gasteiger partial charge is 0.420 e. The molecule has 0 aliphatic heterocycles. The third-order valence-electron chi connectivity index (χ3n) is 3.59. The van der Waals surface area contributed by atoms with E-state index < -0.39 is 23.8 Å². The molecule has 1 atom stereocenters. The van der Waals surface area contributed by atoms with Gasteiger partial charge in [0.2, 0.25) is 0 Å². The molecule has 0 fully saturated rings. The molecule has 4 nitrogen and oxygen atoms in total. The standard InChI is InChI=1S/C16H14F3NO3S/c1-20-13(15(21)22)14(24)10-5-3-4-9-8(10)6-7-11(23-2)12(9)16(17,18)19/h3-7,13,20H,1-2H3,(H,21,22). The van der Waals surface area contributed by atoms with Crippen LogP contribution in [0.4, 0.5) is 13.2 Å². The Morgan fingerprint density at radius 3 is 2.42 bits per heavy atom. The van der Waals surface area contributed by atoms with Crippen LogP contribution >= 0.6 is 12.2 Å². The zero-order valence-electron chi connectivity index (χ0n) is 12.8. The number of methoxy groups -OCH3 is 1. The van der Waals surface area contributed by atoms with Crippen LogP contribution in [0.15, 0.2) is 30.3 Å². The zero-order chi connectivity index (χ0) is 18.1. The van der Waals surface area contributed by atoms with E-state index in [0.717, 1.165) is 7.11 Å². The second-order valence-electron chi connectivity index (χ2n) is 4.97. The van der Waals surface area contributed by atoms with E-state index in [4.69, 9.17) is 17.0 Å². The molecular formula is C16H14F3NO3S. The number of hydrogen-bond donors (Lipinski definition) is 2. The molecule has 0 radical (unpaired) electrons. The summed E-state index contributed by atoms with van der Waals surface area (Å²) in [6.45, 7) is 0. The summed E-state index contributed by atoms with van der Waals surface area (Å²) in [5, 5.41) is 11.9. The fraction of sp³-hybridized carbons (Fsp3) is 0.250. The van der Waals surface area contributed by atoms with E-state index in [2.05, 4.69) is 5.32 Å². The quantitative estimate of drug-likeness (QED) is 0.635. The van der Waals surface area contributed by atoms with Crippen molar-refractivity contribution >= 4 is 33.8 Å². The number of hydrogen-bond acceptors (Lipinski definition) is 4. The van der Waals surface area contributed by atoms with Gasteiger partial charge in [-0.1, -0.05) is 36.5 Å². The summed E-state index contributed by atoms with van der Waals surface area (Å²) >= 11 is 5.19. The van der Waals surface area contributed by atoms with Crippen LogP contribution in [0.1, 0.15) is 11.1 Å². The van der Waals surface area contributed by atoms with E-state index in [-0.39, 0.29) is 26.9 Å². The molecule has 0 aliphatic rings. The van der Waals surface area contributed by atoms with Crippen LogP contribution in [0.2, 0.25) is 0 Å². The number of ether oxygens (including phenoxy) is 1. The van der Waals surface area contributed by atoms with Crippen molar-refractivity contribution in [2.75, 3.05) is 14.2 Å². The van der Waals surface area contributed by atoms with Crippen LogP contribution in [-0.2, 0) is 11.0 Å². The molecule has 0 aromatic heterocycles. The van der Waals surface area contributed by atoms with Crippen LogP contribution in [-0.4, -0.2) is 36.1 Å². The lowest BCUT2D eigenvalue weighted by molar-refractivity contribution is -0.138. The predicted octanol–water partition coefficient (Wildman–Crippen LogP) is 3.26. The second-order valence-corrected chi connectivity index (χ2v) is 5.41. The average molecular weight is 357 g/mol. The van der Waals surface area contributed by atoms with E-state index in [1.54, 1.807) is 0 Å². The molecule has 24 heavy (non-hydrogen) atoms. The fourth-order valence-corrected chi connectivity index (χ4v) is 2.93. The number of carboxylic acid groups (broad SMARTS) is 1. The highest BCUT2D eigenvalue weighted by molar-refractivity contribution is 7.81. The first-order chi connectivity index (χ1) is 11.2. The third-order valence-corrected chi connectivity index (χ3v) is 4.05. The van der Waals surface area contributed by atoms with Crippen LogP contribution in [0.25, 0.3) is 10.8 Å². The van der Waals surface area contributed by atoms with Crippen molar-refractivity contribution in [1.29, 1.82) is 0 Å². The molecular weight excluding hydrogens is 343 g/mol. The van der Waals surface area contributed by atoms with Crippen molar-refractivity contribution in [2.45, 2.75) is 12.2 Å². The van der Waals surface area contributed by atoms with Gasteiger partial charge in [-0.15, -0.1) is 0 Å². The maximum Gasteiger partial charge on any atom is 0.420 e. The second kappa shape index (κ2) is 6.74. The van der Waals surface area contributed by atoms with Crippen LogP contribution < -0.4 is 10.1 Å². The molecule has 0 saturated carbocycles. The SMILES string of the molecule is CNC(C(=O)O)C(=S)c1cccc2c(C(F)(F)F)c(OC)ccc12. The van der Waals surface area contributed by atoms with Gasteiger partial charge in [0.25, 0.3) is 0 Å². The van der Waals surface area contributed by atoms with E-state index in [1.807, 2.05) is 0 Å². The van der Waals surface area contributed by atoms with Gasteiger partial charge in [-0.05, 0) is 29.4 Å². The summed E-state index contributed by atoms with van der Waals surface area (Å²) in [5.41, 5.74) is -0.652. The van der Waals surface area contributed by atoms with Gasteiger partial charge in [0.15, 0.2) is 0 Å². The maximum atomic E-state index is 13.4. The molecule has 2 aromatic carbocycles. The lowest BCUT2D eigenvalue weighted by Gasteiger charge is -2.18. The Hall–Kier alpha value is -2.19. The minimum Gasteiger partial charge on any atom is -0.496 e. The average Bonchev–Trinajstić information content (AvgIpc) is 2.52. The predicted molar refractivity (Wildman–Crippen MR) is 87.7 cm³/mol. The summed E-state index contributed by atoms with van der Waals surface area (Å²) in [5.74, 6) is -1.51. The molecule has 1 unspecified atom stereocenters. The molecule has 128 valence electrons. The number of likely N-dealkylation sites (N-methyl/N-ethyl adjacent to an activating group) is 1. The van der Waals surface area contributed by atoms with Gasteiger partial charge < -0.3 is 15.2 Å². The molecule has 0 amide bonds. The Balaban J connectivity index is 2.76. The Morgan fingerprint density at radius 1 is 1.25 bits per heavy atom. The van der Waals surface area contributed by atoms with Crippen molar-refractivity contribution in [3.8, 4) is 5.75 Å². The molecule has 0 saturated heterocycles. The maximum absolute atomic E-state index is 13.4.